The summed E-state index contributed by atoms with van der Waals surface area (Å²) in [7, 11) is 0. The fourth-order valence-electron chi connectivity index (χ4n) is 1.89. The molecule has 0 saturated carbocycles. The number of nitrogens with one attached hydrogen (secondary N) is 1. The molecule has 0 aliphatic carbocycles. The zero-order valence-electron chi connectivity index (χ0n) is 10.3. The summed E-state index contributed by atoms with van der Waals surface area (Å²) in [6, 6.07) is 9.99. The molecule has 4 nitrogen and oxygen atoms in total. The number of halogens is 2. The monoisotopic (exact) mass is 380 g/mol. The Morgan fingerprint density at radius 2 is 1.95 bits per heavy atom. The molecular weight excluding hydrogens is 370 g/mol. The number of aromatic nitrogens is 2. The van der Waals surface area contributed by atoms with Crippen molar-refractivity contribution in [3.63, 3.8) is 0 Å². The third kappa shape index (κ3) is 2.51. The average molecular weight is 380 g/mol. The van der Waals surface area contributed by atoms with Crippen molar-refractivity contribution >= 4 is 50.7 Å². The first-order valence-corrected chi connectivity index (χ1v) is 6.94. The number of nitrogen functional groups attached to an aromatic ring is 1. The highest BCUT2D eigenvalue weighted by Gasteiger charge is 2.07. The molecule has 0 aliphatic rings. The van der Waals surface area contributed by atoms with E-state index < -0.39 is 0 Å². The summed E-state index contributed by atoms with van der Waals surface area (Å²) < 4.78 is 13.9. The Bertz CT molecular complexity index is 791. The maximum absolute atomic E-state index is 13.1. The van der Waals surface area contributed by atoms with Crippen LogP contribution in [0.3, 0.4) is 0 Å². The van der Waals surface area contributed by atoms with Crippen LogP contribution >= 0.6 is 22.6 Å². The van der Waals surface area contributed by atoms with Crippen LogP contribution in [0.1, 0.15) is 0 Å². The van der Waals surface area contributed by atoms with E-state index in [2.05, 4.69) is 37.9 Å². The summed E-state index contributed by atoms with van der Waals surface area (Å²) >= 11 is 2.07. The van der Waals surface area contributed by atoms with Crippen LogP contribution in [-0.4, -0.2) is 9.97 Å². The lowest BCUT2D eigenvalue weighted by Crippen LogP contribution is -1.98. The van der Waals surface area contributed by atoms with Crippen molar-refractivity contribution in [1.29, 1.82) is 0 Å². The highest BCUT2D eigenvalue weighted by molar-refractivity contribution is 14.1. The Kier molecular flexibility index (Phi) is 3.39. The molecule has 3 aromatic rings. The zero-order valence-corrected chi connectivity index (χ0v) is 12.4. The van der Waals surface area contributed by atoms with Crippen LogP contribution in [0.5, 0.6) is 0 Å². The van der Waals surface area contributed by atoms with Crippen LogP contribution in [0.2, 0.25) is 0 Å². The molecule has 0 saturated heterocycles. The first-order valence-electron chi connectivity index (χ1n) is 5.86. The molecule has 0 unspecified atom stereocenters. The standard InChI is InChI=1S/C14H10FIN4/c15-8-1-3-13(11(16)5-8)20-14-10-6-9(17)2-4-12(10)18-7-19-14/h1-7H,17H2,(H,18,19,20). The minimum atomic E-state index is -0.267. The molecule has 3 rings (SSSR count). The Balaban J connectivity index is 2.08. The number of nitrogens with zero attached hydrogens (tertiary/aromatic N) is 2. The molecule has 0 bridgehead atoms. The summed E-state index contributed by atoms with van der Waals surface area (Å²) in [6.45, 7) is 0. The quantitative estimate of drug-likeness (QED) is 0.526. The van der Waals surface area contributed by atoms with E-state index in [0.29, 0.717) is 11.5 Å². The number of hydrogen-bond acceptors (Lipinski definition) is 4. The zero-order chi connectivity index (χ0) is 14.1. The van der Waals surface area contributed by atoms with Crippen LogP contribution in [-0.2, 0) is 0 Å². The van der Waals surface area contributed by atoms with Gasteiger partial charge in [-0.25, -0.2) is 14.4 Å². The van der Waals surface area contributed by atoms with Gasteiger partial charge in [-0.2, -0.15) is 0 Å². The second-order valence-corrected chi connectivity index (χ2v) is 5.41. The Morgan fingerprint density at radius 3 is 2.75 bits per heavy atom. The van der Waals surface area contributed by atoms with E-state index in [1.807, 2.05) is 12.1 Å². The number of fused-ring (bicyclic) bond motifs is 1. The van der Waals surface area contributed by atoms with Crippen LogP contribution in [0.25, 0.3) is 10.9 Å². The number of benzene rings is 2. The first kappa shape index (κ1) is 13.0. The second-order valence-electron chi connectivity index (χ2n) is 4.25. The maximum atomic E-state index is 13.1. The highest BCUT2D eigenvalue weighted by Crippen LogP contribution is 2.27. The van der Waals surface area contributed by atoms with Gasteiger partial charge in [-0.05, 0) is 59.0 Å². The SMILES string of the molecule is Nc1ccc2ncnc(Nc3ccc(F)cc3I)c2c1. The van der Waals surface area contributed by atoms with Gasteiger partial charge in [0.25, 0.3) is 0 Å². The largest absolute Gasteiger partial charge is 0.399 e. The summed E-state index contributed by atoms with van der Waals surface area (Å²) in [5.74, 6) is 0.378. The van der Waals surface area contributed by atoms with E-state index in [0.717, 1.165) is 20.2 Å². The molecule has 0 aliphatic heterocycles. The molecule has 0 amide bonds. The minimum Gasteiger partial charge on any atom is -0.399 e. The first-order chi connectivity index (χ1) is 9.63. The Hall–Kier alpha value is -1.96. The molecule has 2 aromatic carbocycles. The minimum absolute atomic E-state index is 0.267. The molecule has 0 fully saturated rings. The number of rotatable bonds is 2. The molecule has 1 heterocycles. The molecule has 6 heteroatoms. The summed E-state index contributed by atoms with van der Waals surface area (Å²) in [5, 5.41) is 4.02. The number of anilines is 3. The van der Waals surface area contributed by atoms with Gasteiger partial charge < -0.3 is 11.1 Å². The molecule has 1 aromatic heterocycles. The predicted octanol–water partition coefficient (Wildman–Crippen LogP) is 3.70. The topological polar surface area (TPSA) is 63.8 Å². The van der Waals surface area contributed by atoms with Gasteiger partial charge in [0.05, 0.1) is 11.2 Å². The molecule has 0 atom stereocenters. The van der Waals surface area contributed by atoms with Gasteiger partial charge in [0.15, 0.2) is 0 Å². The van der Waals surface area contributed by atoms with Crippen molar-refractivity contribution in [3.8, 4) is 0 Å². The van der Waals surface area contributed by atoms with Crippen molar-refractivity contribution in [2.75, 3.05) is 11.1 Å². The third-order valence-corrected chi connectivity index (χ3v) is 3.74. The fourth-order valence-corrected chi connectivity index (χ4v) is 2.50. The van der Waals surface area contributed by atoms with E-state index in [1.54, 1.807) is 12.1 Å². The van der Waals surface area contributed by atoms with E-state index in [9.17, 15) is 4.39 Å². The van der Waals surface area contributed by atoms with Crippen LogP contribution in [0.4, 0.5) is 21.6 Å². The lowest BCUT2D eigenvalue weighted by atomic mass is 10.2. The van der Waals surface area contributed by atoms with Gasteiger partial charge in [-0.15, -0.1) is 0 Å². The van der Waals surface area contributed by atoms with Gasteiger partial charge in [-0.1, -0.05) is 0 Å². The van der Waals surface area contributed by atoms with E-state index >= 15 is 0 Å². The third-order valence-electron chi connectivity index (χ3n) is 2.84. The van der Waals surface area contributed by atoms with Gasteiger partial charge in [0, 0.05) is 14.6 Å². The normalized spacial score (nSPS) is 10.7. The fraction of sp³-hybridized carbons (Fsp3) is 0. The Morgan fingerprint density at radius 1 is 1.10 bits per heavy atom. The summed E-state index contributed by atoms with van der Waals surface area (Å²) in [5.41, 5.74) is 8.03. The average Bonchev–Trinajstić information content (AvgIpc) is 2.42. The molecule has 100 valence electrons. The van der Waals surface area contributed by atoms with E-state index in [-0.39, 0.29) is 5.82 Å². The smallest absolute Gasteiger partial charge is 0.141 e. The van der Waals surface area contributed by atoms with Crippen molar-refractivity contribution in [3.05, 3.63) is 52.1 Å². The molecule has 0 spiro atoms. The highest BCUT2D eigenvalue weighted by atomic mass is 127. The molecular formula is C14H10FIN4. The van der Waals surface area contributed by atoms with Crippen LogP contribution in [0, 0.1) is 9.39 Å². The van der Waals surface area contributed by atoms with Crippen LogP contribution in [0.15, 0.2) is 42.7 Å². The van der Waals surface area contributed by atoms with Gasteiger partial charge >= 0.3 is 0 Å². The molecule has 3 N–H and O–H groups in total. The van der Waals surface area contributed by atoms with Gasteiger partial charge in [-0.3, -0.25) is 0 Å². The van der Waals surface area contributed by atoms with E-state index in [4.69, 9.17) is 5.73 Å². The van der Waals surface area contributed by atoms with E-state index in [1.165, 1.54) is 18.5 Å². The second kappa shape index (κ2) is 5.20. The van der Waals surface area contributed by atoms with Crippen molar-refractivity contribution in [2.45, 2.75) is 0 Å². The van der Waals surface area contributed by atoms with Crippen molar-refractivity contribution in [2.24, 2.45) is 0 Å². The lowest BCUT2D eigenvalue weighted by Gasteiger charge is -2.10. The van der Waals surface area contributed by atoms with Gasteiger partial charge in [0.1, 0.15) is 18.0 Å². The van der Waals surface area contributed by atoms with Crippen LogP contribution < -0.4 is 11.1 Å². The van der Waals surface area contributed by atoms with Gasteiger partial charge in [0.2, 0.25) is 0 Å². The maximum Gasteiger partial charge on any atom is 0.141 e. The number of nitrogens with two attached hydrogens (primary N) is 1. The number of hydrogen-bond donors (Lipinski definition) is 2. The molecule has 0 radical (unpaired) electrons. The summed E-state index contributed by atoms with van der Waals surface area (Å²) in [6.07, 6.45) is 1.48. The summed E-state index contributed by atoms with van der Waals surface area (Å²) in [4.78, 5) is 8.42. The lowest BCUT2D eigenvalue weighted by molar-refractivity contribution is 0.627. The predicted molar refractivity (Wildman–Crippen MR) is 86.4 cm³/mol. The van der Waals surface area contributed by atoms with Crippen molar-refractivity contribution in [1.82, 2.24) is 9.97 Å². The molecule has 20 heavy (non-hydrogen) atoms. The Labute approximate surface area is 128 Å². The van der Waals surface area contributed by atoms with Crippen molar-refractivity contribution < 1.29 is 4.39 Å².